The Morgan fingerprint density at radius 2 is 2.14 bits per heavy atom. The number of hydrogen-bond donors (Lipinski definition) is 1. The highest BCUT2D eigenvalue weighted by molar-refractivity contribution is 5.92. The van der Waals surface area contributed by atoms with Crippen LogP contribution in [0.3, 0.4) is 0 Å². The molecule has 72 valence electrons. The summed E-state index contributed by atoms with van der Waals surface area (Å²) in [6.45, 7) is 0. The molecular formula is C10H7F2NO. The Bertz CT molecular complexity index is 396. The van der Waals surface area contributed by atoms with Crippen molar-refractivity contribution in [1.82, 2.24) is 0 Å². The van der Waals surface area contributed by atoms with Crippen molar-refractivity contribution in [2.75, 3.05) is 5.32 Å². The van der Waals surface area contributed by atoms with Gasteiger partial charge in [0.25, 0.3) is 0 Å². The summed E-state index contributed by atoms with van der Waals surface area (Å²) in [5, 5.41) is 2.32. The lowest BCUT2D eigenvalue weighted by molar-refractivity contribution is -0.115. The van der Waals surface area contributed by atoms with Crippen LogP contribution in [-0.4, -0.2) is 5.91 Å². The second-order valence-electron chi connectivity index (χ2n) is 2.56. The monoisotopic (exact) mass is 195 g/mol. The van der Waals surface area contributed by atoms with Crippen molar-refractivity contribution in [2.24, 2.45) is 0 Å². The minimum Gasteiger partial charge on any atom is -0.325 e. The maximum atomic E-state index is 12.6. The van der Waals surface area contributed by atoms with E-state index in [9.17, 15) is 13.6 Å². The highest BCUT2D eigenvalue weighted by Crippen LogP contribution is 2.12. The normalized spacial score (nSPS) is 9.21. The molecule has 1 aromatic rings. The first-order chi connectivity index (χ1) is 6.63. The van der Waals surface area contributed by atoms with Crippen LogP contribution in [0.15, 0.2) is 18.2 Å². The second-order valence-corrected chi connectivity index (χ2v) is 2.56. The molecule has 0 atom stereocenters. The topological polar surface area (TPSA) is 29.1 Å². The smallest absolute Gasteiger partial charge is 0.236 e. The Morgan fingerprint density at radius 3 is 2.71 bits per heavy atom. The lowest BCUT2D eigenvalue weighted by Gasteiger charge is -2.02. The molecule has 0 bridgehead atoms. The van der Waals surface area contributed by atoms with Crippen LogP contribution in [0.4, 0.5) is 14.5 Å². The van der Waals surface area contributed by atoms with E-state index >= 15 is 0 Å². The van der Waals surface area contributed by atoms with Gasteiger partial charge in [-0.1, -0.05) is 5.92 Å². The minimum absolute atomic E-state index is 0.0982. The van der Waals surface area contributed by atoms with E-state index in [2.05, 4.69) is 11.2 Å². The lowest BCUT2D eigenvalue weighted by Crippen LogP contribution is -2.10. The van der Waals surface area contributed by atoms with Crippen LogP contribution >= 0.6 is 0 Å². The van der Waals surface area contributed by atoms with Crippen LogP contribution < -0.4 is 5.32 Å². The van der Waals surface area contributed by atoms with Crippen molar-refractivity contribution in [3.05, 3.63) is 29.8 Å². The van der Waals surface area contributed by atoms with Gasteiger partial charge in [0.1, 0.15) is 0 Å². The number of carbonyl (C=O) groups excluding carboxylic acids is 1. The lowest BCUT2D eigenvalue weighted by atomic mass is 10.3. The van der Waals surface area contributed by atoms with E-state index in [1.807, 2.05) is 0 Å². The second kappa shape index (κ2) is 4.38. The number of terminal acetylenes is 1. The Morgan fingerprint density at radius 1 is 1.43 bits per heavy atom. The molecule has 1 aromatic carbocycles. The summed E-state index contributed by atoms with van der Waals surface area (Å²) in [5.41, 5.74) is 0.184. The molecule has 0 radical (unpaired) electrons. The van der Waals surface area contributed by atoms with Gasteiger partial charge in [-0.2, -0.15) is 0 Å². The standard InChI is InChI=1S/C10H7F2NO/c1-2-3-10(14)13-7-4-5-8(11)9(12)6-7/h1,4-6H,3H2,(H,13,14). The fourth-order valence-electron chi connectivity index (χ4n) is 0.872. The number of rotatable bonds is 2. The highest BCUT2D eigenvalue weighted by atomic mass is 19.2. The third-order valence-electron chi connectivity index (χ3n) is 1.47. The van der Waals surface area contributed by atoms with E-state index in [1.165, 1.54) is 6.07 Å². The molecule has 1 N–H and O–H groups in total. The fraction of sp³-hybridized carbons (Fsp3) is 0.100. The van der Waals surface area contributed by atoms with E-state index < -0.39 is 17.5 Å². The summed E-state index contributed by atoms with van der Waals surface area (Å²) in [6.07, 6.45) is 4.79. The van der Waals surface area contributed by atoms with Gasteiger partial charge < -0.3 is 5.32 Å². The molecule has 0 saturated carbocycles. The zero-order valence-electron chi connectivity index (χ0n) is 7.18. The third-order valence-corrected chi connectivity index (χ3v) is 1.47. The van der Waals surface area contributed by atoms with Gasteiger partial charge in [-0.3, -0.25) is 4.79 Å². The third kappa shape index (κ3) is 2.56. The van der Waals surface area contributed by atoms with E-state index in [0.717, 1.165) is 12.1 Å². The first-order valence-corrected chi connectivity index (χ1v) is 3.82. The number of amides is 1. The Labute approximate surface area is 79.9 Å². The Hall–Kier alpha value is -1.89. The van der Waals surface area contributed by atoms with E-state index in [0.29, 0.717) is 0 Å². The summed E-state index contributed by atoms with van der Waals surface area (Å²) in [6, 6.07) is 3.08. The van der Waals surface area contributed by atoms with Gasteiger partial charge in [0, 0.05) is 11.8 Å². The van der Waals surface area contributed by atoms with Crippen molar-refractivity contribution >= 4 is 11.6 Å². The van der Waals surface area contributed by atoms with Crippen molar-refractivity contribution < 1.29 is 13.6 Å². The zero-order valence-corrected chi connectivity index (χ0v) is 7.18. The van der Waals surface area contributed by atoms with Gasteiger partial charge in [0.15, 0.2) is 11.6 Å². The molecule has 2 nitrogen and oxygen atoms in total. The van der Waals surface area contributed by atoms with Crippen molar-refractivity contribution in [3.63, 3.8) is 0 Å². The first kappa shape index (κ1) is 10.2. The maximum absolute atomic E-state index is 12.6. The van der Waals surface area contributed by atoms with Gasteiger partial charge in [-0.15, -0.1) is 6.42 Å². The molecule has 0 fully saturated rings. The molecule has 0 aliphatic heterocycles. The molecular weight excluding hydrogens is 188 g/mol. The maximum Gasteiger partial charge on any atom is 0.236 e. The molecule has 1 rings (SSSR count). The highest BCUT2D eigenvalue weighted by Gasteiger charge is 2.04. The quantitative estimate of drug-likeness (QED) is 0.718. The zero-order chi connectivity index (χ0) is 10.6. The summed E-state index contributed by atoms with van der Waals surface area (Å²) in [5.74, 6) is -0.267. The van der Waals surface area contributed by atoms with Crippen LogP contribution in [0.1, 0.15) is 6.42 Å². The van der Waals surface area contributed by atoms with Gasteiger partial charge in [0.05, 0.1) is 6.42 Å². The number of carbonyl (C=O) groups is 1. The number of halogens is 2. The van der Waals surface area contributed by atoms with Crippen LogP contribution in [0.25, 0.3) is 0 Å². The summed E-state index contributed by atoms with van der Waals surface area (Å²) in [7, 11) is 0. The molecule has 1 amide bonds. The molecule has 0 aromatic heterocycles. The average Bonchev–Trinajstić information content (AvgIpc) is 2.12. The summed E-state index contributed by atoms with van der Waals surface area (Å²) < 4.78 is 25.1. The van der Waals surface area contributed by atoms with Crippen LogP contribution in [-0.2, 0) is 4.79 Å². The average molecular weight is 195 g/mol. The largest absolute Gasteiger partial charge is 0.325 e. The van der Waals surface area contributed by atoms with Gasteiger partial charge in [-0.25, -0.2) is 8.78 Å². The Balaban J connectivity index is 2.74. The number of hydrogen-bond acceptors (Lipinski definition) is 1. The van der Waals surface area contributed by atoms with Gasteiger partial charge in [0.2, 0.25) is 5.91 Å². The predicted molar refractivity (Wildman–Crippen MR) is 48.4 cm³/mol. The van der Waals surface area contributed by atoms with Crippen molar-refractivity contribution in [1.29, 1.82) is 0 Å². The van der Waals surface area contributed by atoms with Gasteiger partial charge >= 0.3 is 0 Å². The molecule has 0 heterocycles. The van der Waals surface area contributed by atoms with Crippen LogP contribution in [0.5, 0.6) is 0 Å². The predicted octanol–water partition coefficient (Wildman–Crippen LogP) is 1.93. The van der Waals surface area contributed by atoms with Crippen molar-refractivity contribution in [3.8, 4) is 12.3 Å². The molecule has 0 aliphatic rings. The molecule has 0 aliphatic carbocycles. The first-order valence-electron chi connectivity index (χ1n) is 3.82. The minimum atomic E-state index is -1.01. The molecule has 0 spiro atoms. The number of anilines is 1. The molecule has 0 unspecified atom stereocenters. The van der Waals surface area contributed by atoms with Crippen molar-refractivity contribution in [2.45, 2.75) is 6.42 Å². The van der Waals surface area contributed by atoms with Gasteiger partial charge in [-0.05, 0) is 12.1 Å². The van der Waals surface area contributed by atoms with Crippen LogP contribution in [0, 0.1) is 24.0 Å². The van der Waals surface area contributed by atoms with Crippen LogP contribution in [0.2, 0.25) is 0 Å². The van der Waals surface area contributed by atoms with E-state index in [-0.39, 0.29) is 12.1 Å². The Kier molecular flexibility index (Phi) is 3.19. The van der Waals surface area contributed by atoms with E-state index in [1.54, 1.807) is 0 Å². The summed E-state index contributed by atoms with van der Waals surface area (Å²) >= 11 is 0. The fourth-order valence-corrected chi connectivity index (χ4v) is 0.872. The molecule has 14 heavy (non-hydrogen) atoms. The number of benzene rings is 1. The summed E-state index contributed by atoms with van der Waals surface area (Å²) in [4.78, 5) is 10.9. The molecule has 0 saturated heterocycles. The SMILES string of the molecule is C#CCC(=O)Nc1ccc(F)c(F)c1. The van der Waals surface area contributed by atoms with E-state index in [4.69, 9.17) is 6.42 Å². The number of nitrogens with one attached hydrogen (secondary N) is 1. The molecule has 4 heteroatoms.